The van der Waals surface area contributed by atoms with Crippen molar-refractivity contribution in [3.05, 3.63) is 70.6 Å². The van der Waals surface area contributed by atoms with Gasteiger partial charge in [0.1, 0.15) is 11.5 Å². The third-order valence-electron chi connectivity index (χ3n) is 3.18. The molecule has 1 aliphatic rings. The molecule has 2 aromatic rings. The minimum atomic E-state index is -0.588. The van der Waals surface area contributed by atoms with E-state index in [2.05, 4.69) is 5.32 Å². The van der Waals surface area contributed by atoms with Gasteiger partial charge in [-0.15, -0.1) is 0 Å². The average Bonchev–Trinajstić information content (AvgIpc) is 2.78. The fraction of sp³-hybridized carbons (Fsp3) is 0. The monoisotopic (exact) mass is 316 g/mol. The van der Waals surface area contributed by atoms with Crippen LogP contribution in [-0.4, -0.2) is 11.9 Å². The first-order chi connectivity index (χ1) is 10.6. The summed E-state index contributed by atoms with van der Waals surface area (Å²) in [5, 5.41) is 2.59. The Bertz CT molecular complexity index is 770. The van der Waals surface area contributed by atoms with Crippen molar-refractivity contribution in [2.45, 2.75) is 0 Å². The van der Waals surface area contributed by atoms with E-state index in [1.165, 1.54) is 24.3 Å². The highest BCUT2D eigenvalue weighted by molar-refractivity contribution is 6.33. The number of hydrogen-bond acceptors (Lipinski definition) is 2. The SMILES string of the molecule is O=C1NC(=Cc2c(F)cccc2Cl)C(=O)N1c1ccccc1. The Morgan fingerprint density at radius 3 is 2.45 bits per heavy atom. The maximum atomic E-state index is 13.8. The Kier molecular flexibility index (Phi) is 3.65. The van der Waals surface area contributed by atoms with Gasteiger partial charge in [0.05, 0.1) is 10.7 Å². The molecule has 0 aliphatic carbocycles. The van der Waals surface area contributed by atoms with Crippen LogP contribution in [-0.2, 0) is 4.79 Å². The van der Waals surface area contributed by atoms with Crippen LogP contribution in [0.2, 0.25) is 5.02 Å². The normalized spacial score (nSPS) is 16.3. The van der Waals surface area contributed by atoms with Gasteiger partial charge in [0, 0.05) is 5.56 Å². The van der Waals surface area contributed by atoms with Gasteiger partial charge in [0.15, 0.2) is 0 Å². The van der Waals surface area contributed by atoms with E-state index in [9.17, 15) is 14.0 Å². The zero-order valence-corrected chi connectivity index (χ0v) is 12.0. The van der Waals surface area contributed by atoms with Crippen LogP contribution in [0.15, 0.2) is 54.2 Å². The number of imide groups is 1. The van der Waals surface area contributed by atoms with Crippen LogP contribution in [0.3, 0.4) is 0 Å². The lowest BCUT2D eigenvalue weighted by atomic mass is 10.1. The minimum Gasteiger partial charge on any atom is -0.302 e. The molecule has 3 amide bonds. The number of amides is 3. The van der Waals surface area contributed by atoms with E-state index >= 15 is 0 Å². The molecular formula is C16H10ClFN2O2. The fourth-order valence-corrected chi connectivity index (χ4v) is 2.36. The molecule has 0 bridgehead atoms. The lowest BCUT2D eigenvalue weighted by molar-refractivity contribution is -0.113. The van der Waals surface area contributed by atoms with E-state index in [-0.39, 0.29) is 16.3 Å². The van der Waals surface area contributed by atoms with Crippen molar-refractivity contribution in [2.75, 3.05) is 4.90 Å². The Hall–Kier alpha value is -2.66. The second-order valence-electron chi connectivity index (χ2n) is 4.60. The number of rotatable bonds is 2. The van der Waals surface area contributed by atoms with Crippen molar-refractivity contribution >= 4 is 35.3 Å². The number of benzene rings is 2. The van der Waals surface area contributed by atoms with Crippen molar-refractivity contribution in [2.24, 2.45) is 0 Å². The highest BCUT2D eigenvalue weighted by atomic mass is 35.5. The summed E-state index contributed by atoms with van der Waals surface area (Å²) in [6.45, 7) is 0. The number of carbonyl (C=O) groups is 2. The molecule has 1 aliphatic heterocycles. The van der Waals surface area contributed by atoms with Crippen molar-refractivity contribution < 1.29 is 14.0 Å². The smallest absolute Gasteiger partial charge is 0.302 e. The maximum Gasteiger partial charge on any atom is 0.333 e. The molecule has 0 spiro atoms. The van der Waals surface area contributed by atoms with Gasteiger partial charge in [-0.25, -0.2) is 14.1 Å². The lowest BCUT2D eigenvalue weighted by Gasteiger charge is -2.10. The number of halogens is 2. The predicted octanol–water partition coefficient (Wildman–Crippen LogP) is 3.58. The Labute approximate surface area is 130 Å². The zero-order valence-electron chi connectivity index (χ0n) is 11.2. The van der Waals surface area contributed by atoms with E-state index in [0.717, 1.165) is 4.90 Å². The first-order valence-electron chi connectivity index (χ1n) is 6.44. The van der Waals surface area contributed by atoms with Crippen molar-refractivity contribution in [1.29, 1.82) is 0 Å². The molecule has 0 unspecified atom stereocenters. The Morgan fingerprint density at radius 1 is 1.05 bits per heavy atom. The van der Waals surface area contributed by atoms with E-state index < -0.39 is 17.8 Å². The standard InChI is InChI=1S/C16H10ClFN2O2/c17-12-7-4-8-13(18)11(12)9-14-15(21)20(16(22)19-14)10-5-2-1-3-6-10/h1-9H,(H,19,22). The molecule has 1 N–H and O–H groups in total. The highest BCUT2D eigenvalue weighted by Crippen LogP contribution is 2.25. The first-order valence-corrected chi connectivity index (χ1v) is 6.82. The Morgan fingerprint density at radius 2 is 1.77 bits per heavy atom. The largest absolute Gasteiger partial charge is 0.333 e. The topological polar surface area (TPSA) is 49.4 Å². The van der Waals surface area contributed by atoms with Crippen LogP contribution in [0, 0.1) is 5.82 Å². The summed E-state index contributed by atoms with van der Waals surface area (Å²) in [6, 6.07) is 12.1. The van der Waals surface area contributed by atoms with E-state index in [1.54, 1.807) is 30.3 Å². The molecule has 0 aromatic heterocycles. The van der Waals surface area contributed by atoms with Crippen LogP contribution in [0.25, 0.3) is 6.08 Å². The molecule has 22 heavy (non-hydrogen) atoms. The van der Waals surface area contributed by atoms with Crippen LogP contribution in [0.4, 0.5) is 14.9 Å². The third-order valence-corrected chi connectivity index (χ3v) is 3.51. The number of para-hydroxylation sites is 1. The van der Waals surface area contributed by atoms with Gasteiger partial charge in [0.25, 0.3) is 5.91 Å². The maximum absolute atomic E-state index is 13.8. The summed E-state index contributed by atoms with van der Waals surface area (Å²) in [5.74, 6) is -1.13. The van der Waals surface area contributed by atoms with Crippen LogP contribution in [0.5, 0.6) is 0 Å². The number of hydrogen-bond donors (Lipinski definition) is 1. The van der Waals surface area contributed by atoms with Gasteiger partial charge in [0.2, 0.25) is 0 Å². The molecule has 2 aromatic carbocycles. The number of carbonyl (C=O) groups excluding carboxylic acids is 2. The Balaban J connectivity index is 2.00. The van der Waals surface area contributed by atoms with Crippen molar-refractivity contribution in [1.82, 2.24) is 5.32 Å². The van der Waals surface area contributed by atoms with E-state index in [0.29, 0.717) is 5.69 Å². The summed E-state index contributed by atoms with van der Waals surface area (Å²) >= 11 is 5.92. The number of urea groups is 1. The van der Waals surface area contributed by atoms with Gasteiger partial charge in [-0.3, -0.25) is 4.79 Å². The molecular weight excluding hydrogens is 307 g/mol. The van der Waals surface area contributed by atoms with Gasteiger partial charge in [-0.2, -0.15) is 0 Å². The van der Waals surface area contributed by atoms with Crippen LogP contribution in [0.1, 0.15) is 5.56 Å². The van der Waals surface area contributed by atoms with Gasteiger partial charge >= 0.3 is 6.03 Å². The van der Waals surface area contributed by atoms with E-state index in [1.807, 2.05) is 0 Å². The molecule has 0 atom stereocenters. The molecule has 6 heteroatoms. The molecule has 3 rings (SSSR count). The van der Waals surface area contributed by atoms with Gasteiger partial charge < -0.3 is 5.32 Å². The molecule has 1 fully saturated rings. The fourth-order valence-electron chi connectivity index (χ4n) is 2.14. The van der Waals surface area contributed by atoms with Crippen molar-refractivity contribution in [3.8, 4) is 0 Å². The molecule has 0 saturated carbocycles. The number of nitrogens with one attached hydrogen (secondary N) is 1. The first kappa shape index (κ1) is 14.3. The van der Waals surface area contributed by atoms with Gasteiger partial charge in [-0.05, 0) is 30.3 Å². The molecule has 1 saturated heterocycles. The summed E-state index contributed by atoms with van der Waals surface area (Å²) in [7, 11) is 0. The summed E-state index contributed by atoms with van der Waals surface area (Å²) < 4.78 is 13.8. The average molecular weight is 317 g/mol. The number of anilines is 1. The second-order valence-corrected chi connectivity index (χ2v) is 5.01. The van der Waals surface area contributed by atoms with E-state index in [4.69, 9.17) is 11.6 Å². The van der Waals surface area contributed by atoms with Crippen LogP contribution < -0.4 is 10.2 Å². The second kappa shape index (κ2) is 5.61. The summed E-state index contributed by atoms with van der Waals surface area (Å²) in [6.07, 6.45) is 1.24. The zero-order chi connectivity index (χ0) is 15.7. The quantitative estimate of drug-likeness (QED) is 0.680. The summed E-state index contributed by atoms with van der Waals surface area (Å²) in [4.78, 5) is 25.3. The van der Waals surface area contributed by atoms with Crippen LogP contribution >= 0.6 is 11.6 Å². The van der Waals surface area contributed by atoms with Gasteiger partial charge in [-0.1, -0.05) is 35.9 Å². The third kappa shape index (κ3) is 2.46. The summed E-state index contributed by atoms with van der Waals surface area (Å²) in [5.41, 5.74) is 0.469. The molecule has 1 heterocycles. The van der Waals surface area contributed by atoms with Crippen molar-refractivity contribution in [3.63, 3.8) is 0 Å². The lowest BCUT2D eigenvalue weighted by Crippen LogP contribution is -2.30. The minimum absolute atomic E-state index is 0.0270. The predicted molar refractivity (Wildman–Crippen MR) is 81.8 cm³/mol. The number of nitrogens with zero attached hydrogens (tertiary/aromatic N) is 1. The molecule has 110 valence electrons. The molecule has 0 radical (unpaired) electrons. The highest BCUT2D eigenvalue weighted by Gasteiger charge is 2.34. The molecule has 4 nitrogen and oxygen atoms in total.